The van der Waals surface area contributed by atoms with Gasteiger partial charge >= 0.3 is 0 Å². The lowest BCUT2D eigenvalue weighted by Crippen LogP contribution is -2.44. The van der Waals surface area contributed by atoms with Crippen LogP contribution in [0.15, 0.2) is 23.2 Å². The molecule has 2 aliphatic rings. The number of sulfonamides is 1. The van der Waals surface area contributed by atoms with Crippen LogP contribution in [-0.4, -0.2) is 60.9 Å². The molecule has 2 aliphatic heterocycles. The lowest BCUT2D eigenvalue weighted by molar-refractivity contribution is 0.154. The molecular formula is C16H25N3O3S. The molecule has 0 radical (unpaired) electrons. The topological polar surface area (TPSA) is 62.7 Å². The molecule has 23 heavy (non-hydrogen) atoms. The Bertz CT molecular complexity index is 645. The molecule has 0 spiro atoms. The Balaban J connectivity index is 1.83. The van der Waals surface area contributed by atoms with Crippen molar-refractivity contribution in [2.24, 2.45) is 0 Å². The van der Waals surface area contributed by atoms with Crippen molar-refractivity contribution in [3.63, 3.8) is 0 Å². The van der Waals surface area contributed by atoms with Crippen molar-refractivity contribution >= 4 is 10.0 Å². The first kappa shape index (κ1) is 16.7. The van der Waals surface area contributed by atoms with Gasteiger partial charge < -0.3 is 4.74 Å². The fourth-order valence-electron chi connectivity index (χ4n) is 3.93. The minimum Gasteiger partial charge on any atom is -0.481 e. The Morgan fingerprint density at radius 3 is 2.57 bits per heavy atom. The van der Waals surface area contributed by atoms with Crippen LogP contribution in [-0.2, 0) is 10.0 Å². The van der Waals surface area contributed by atoms with E-state index in [0.29, 0.717) is 37.1 Å². The van der Waals surface area contributed by atoms with Gasteiger partial charge in [0.05, 0.1) is 13.3 Å². The van der Waals surface area contributed by atoms with E-state index in [1.54, 1.807) is 16.4 Å². The van der Waals surface area contributed by atoms with Gasteiger partial charge in [0.1, 0.15) is 4.90 Å². The predicted octanol–water partition coefficient (Wildman–Crippen LogP) is 1.73. The third-order valence-corrected chi connectivity index (χ3v) is 6.80. The quantitative estimate of drug-likeness (QED) is 0.836. The van der Waals surface area contributed by atoms with Crippen LogP contribution < -0.4 is 4.74 Å². The highest BCUT2D eigenvalue weighted by molar-refractivity contribution is 7.89. The summed E-state index contributed by atoms with van der Waals surface area (Å²) in [5.74, 6) is 0.421. The van der Waals surface area contributed by atoms with Gasteiger partial charge in [-0.3, -0.25) is 4.90 Å². The van der Waals surface area contributed by atoms with Gasteiger partial charge in [0, 0.05) is 37.3 Å². The molecule has 3 rings (SSSR count). The maximum absolute atomic E-state index is 12.9. The van der Waals surface area contributed by atoms with Crippen molar-refractivity contribution in [3.8, 4) is 5.88 Å². The van der Waals surface area contributed by atoms with Crippen LogP contribution in [0, 0.1) is 0 Å². The highest BCUT2D eigenvalue weighted by Crippen LogP contribution is 2.33. The number of methoxy groups -OCH3 is 1. The maximum Gasteiger partial charge on any atom is 0.244 e. The van der Waals surface area contributed by atoms with E-state index in [-0.39, 0.29) is 4.90 Å². The van der Waals surface area contributed by atoms with E-state index < -0.39 is 10.0 Å². The zero-order chi connectivity index (χ0) is 16.6. The summed E-state index contributed by atoms with van der Waals surface area (Å²) in [6.07, 6.45) is 4.55. The molecule has 1 aromatic heterocycles. The first-order chi connectivity index (χ1) is 10.9. The minimum absolute atomic E-state index is 0.243. The van der Waals surface area contributed by atoms with Crippen molar-refractivity contribution in [3.05, 3.63) is 18.3 Å². The van der Waals surface area contributed by atoms with Crippen LogP contribution in [0.25, 0.3) is 0 Å². The van der Waals surface area contributed by atoms with E-state index in [9.17, 15) is 8.42 Å². The van der Waals surface area contributed by atoms with Gasteiger partial charge in [-0.05, 0) is 39.2 Å². The number of hydrogen-bond acceptors (Lipinski definition) is 5. The van der Waals surface area contributed by atoms with Crippen molar-refractivity contribution in [2.75, 3.05) is 20.2 Å². The molecule has 0 aliphatic carbocycles. The summed E-state index contributed by atoms with van der Waals surface area (Å²) in [4.78, 5) is 6.78. The van der Waals surface area contributed by atoms with Crippen LogP contribution in [0.2, 0.25) is 0 Å². The molecule has 0 aromatic carbocycles. The Hall–Kier alpha value is -1.18. The fourth-order valence-corrected chi connectivity index (χ4v) is 5.37. The molecule has 6 nitrogen and oxygen atoms in total. The van der Waals surface area contributed by atoms with E-state index >= 15 is 0 Å². The first-order valence-corrected chi connectivity index (χ1v) is 9.65. The largest absolute Gasteiger partial charge is 0.481 e. The van der Waals surface area contributed by atoms with Crippen molar-refractivity contribution in [1.82, 2.24) is 14.2 Å². The zero-order valence-corrected chi connectivity index (χ0v) is 14.8. The molecule has 2 unspecified atom stereocenters. The Morgan fingerprint density at radius 1 is 1.22 bits per heavy atom. The number of hydrogen-bond donors (Lipinski definition) is 0. The molecule has 3 heterocycles. The second-order valence-corrected chi connectivity index (χ2v) is 8.55. The predicted molar refractivity (Wildman–Crippen MR) is 87.9 cm³/mol. The van der Waals surface area contributed by atoms with Crippen LogP contribution in [0.3, 0.4) is 0 Å². The third-order valence-electron chi connectivity index (χ3n) is 4.95. The van der Waals surface area contributed by atoms with Gasteiger partial charge in [-0.15, -0.1) is 0 Å². The number of pyridine rings is 1. The number of fused-ring (bicyclic) bond motifs is 2. The van der Waals surface area contributed by atoms with Crippen molar-refractivity contribution < 1.29 is 13.2 Å². The molecule has 1 aromatic rings. The standard InChI is InChI=1S/C16H25N3O3S/c1-12(2)19-13-4-5-14(19)11-18(9-8-13)23(20,21)15-6-7-16(22-3)17-10-15/h6-7,10,12-14H,4-5,8-9,11H2,1-3H3. The average molecular weight is 339 g/mol. The van der Waals surface area contributed by atoms with Gasteiger partial charge in [0.15, 0.2) is 0 Å². The Morgan fingerprint density at radius 2 is 1.96 bits per heavy atom. The summed E-state index contributed by atoms with van der Waals surface area (Å²) < 4.78 is 32.5. The molecule has 2 saturated heterocycles. The highest BCUT2D eigenvalue weighted by atomic mass is 32.2. The van der Waals surface area contributed by atoms with Crippen LogP contribution >= 0.6 is 0 Å². The number of rotatable bonds is 4. The van der Waals surface area contributed by atoms with Gasteiger partial charge in [0.2, 0.25) is 15.9 Å². The fraction of sp³-hybridized carbons (Fsp3) is 0.688. The summed E-state index contributed by atoms with van der Waals surface area (Å²) in [5.41, 5.74) is 0. The summed E-state index contributed by atoms with van der Waals surface area (Å²) in [6, 6.07) is 4.46. The lowest BCUT2D eigenvalue weighted by Gasteiger charge is -2.32. The molecule has 128 valence electrons. The number of ether oxygens (including phenoxy) is 1. The van der Waals surface area contributed by atoms with E-state index in [1.165, 1.54) is 19.7 Å². The average Bonchev–Trinajstić information content (AvgIpc) is 2.81. The van der Waals surface area contributed by atoms with Gasteiger partial charge in [-0.1, -0.05) is 0 Å². The Kier molecular flexibility index (Phi) is 4.62. The van der Waals surface area contributed by atoms with Crippen LogP contribution in [0.1, 0.15) is 33.1 Å². The summed E-state index contributed by atoms with van der Waals surface area (Å²) >= 11 is 0. The SMILES string of the molecule is COc1ccc(S(=O)(=O)N2CCC3CCC(C2)N3C(C)C)cn1. The summed E-state index contributed by atoms with van der Waals surface area (Å²) in [7, 11) is -1.98. The second kappa shape index (κ2) is 6.37. The molecule has 0 N–H and O–H groups in total. The molecule has 0 saturated carbocycles. The summed E-state index contributed by atoms with van der Waals surface area (Å²) in [5, 5.41) is 0. The van der Waals surface area contributed by atoms with Crippen molar-refractivity contribution in [2.45, 2.75) is 56.1 Å². The molecule has 2 fully saturated rings. The van der Waals surface area contributed by atoms with Crippen LogP contribution in [0.5, 0.6) is 5.88 Å². The highest BCUT2D eigenvalue weighted by Gasteiger charge is 2.41. The van der Waals surface area contributed by atoms with Gasteiger partial charge in [-0.25, -0.2) is 13.4 Å². The molecule has 2 atom stereocenters. The lowest BCUT2D eigenvalue weighted by atomic mass is 10.1. The van der Waals surface area contributed by atoms with E-state index in [1.807, 2.05) is 0 Å². The van der Waals surface area contributed by atoms with E-state index in [2.05, 4.69) is 23.7 Å². The normalized spacial score (nSPS) is 26.4. The number of nitrogens with zero attached hydrogens (tertiary/aromatic N) is 3. The van der Waals surface area contributed by atoms with Crippen LogP contribution in [0.4, 0.5) is 0 Å². The third kappa shape index (κ3) is 3.09. The smallest absolute Gasteiger partial charge is 0.244 e. The van der Waals surface area contributed by atoms with Gasteiger partial charge in [-0.2, -0.15) is 4.31 Å². The molecule has 2 bridgehead atoms. The zero-order valence-electron chi connectivity index (χ0n) is 14.0. The summed E-state index contributed by atoms with van der Waals surface area (Å²) in [6.45, 7) is 5.55. The second-order valence-electron chi connectivity index (χ2n) is 6.61. The molecular weight excluding hydrogens is 314 g/mol. The Labute approximate surface area is 138 Å². The maximum atomic E-state index is 12.9. The molecule has 0 amide bonds. The minimum atomic E-state index is -3.49. The molecule has 7 heteroatoms. The number of aromatic nitrogens is 1. The monoisotopic (exact) mass is 339 g/mol. The van der Waals surface area contributed by atoms with Crippen molar-refractivity contribution in [1.29, 1.82) is 0 Å². The first-order valence-electron chi connectivity index (χ1n) is 8.21. The van der Waals surface area contributed by atoms with Gasteiger partial charge in [0.25, 0.3) is 0 Å². The van der Waals surface area contributed by atoms with E-state index in [4.69, 9.17) is 4.74 Å². The van der Waals surface area contributed by atoms with E-state index in [0.717, 1.165) is 12.8 Å².